The standard InChI is InChI=1S/C12H23N/c1-9(2)10(3)11-12(8-13-11)6-4-5-7-12/h9-11,13H,4-8H2,1-3H3. The van der Waals surface area contributed by atoms with Crippen molar-refractivity contribution in [2.75, 3.05) is 6.54 Å². The molecule has 2 fully saturated rings. The third kappa shape index (κ3) is 1.41. The van der Waals surface area contributed by atoms with Gasteiger partial charge in [-0.2, -0.15) is 0 Å². The van der Waals surface area contributed by atoms with E-state index in [0.717, 1.165) is 23.3 Å². The molecule has 0 amide bonds. The summed E-state index contributed by atoms with van der Waals surface area (Å²) in [5, 5.41) is 3.66. The molecule has 1 aliphatic carbocycles. The fourth-order valence-corrected chi connectivity index (χ4v) is 3.20. The maximum absolute atomic E-state index is 3.66. The Morgan fingerprint density at radius 1 is 1.15 bits per heavy atom. The lowest BCUT2D eigenvalue weighted by atomic mass is 9.65. The minimum atomic E-state index is 0.726. The fraction of sp³-hybridized carbons (Fsp3) is 1.00. The van der Waals surface area contributed by atoms with Gasteiger partial charge in [-0.05, 0) is 30.1 Å². The predicted molar refractivity (Wildman–Crippen MR) is 56.7 cm³/mol. The average molecular weight is 181 g/mol. The normalized spacial score (nSPS) is 33.7. The number of rotatable bonds is 2. The van der Waals surface area contributed by atoms with E-state index in [-0.39, 0.29) is 0 Å². The molecule has 0 aromatic carbocycles. The molecule has 1 nitrogen and oxygen atoms in total. The van der Waals surface area contributed by atoms with Crippen molar-refractivity contribution in [1.82, 2.24) is 5.32 Å². The second-order valence-corrected chi connectivity index (χ2v) is 5.53. The van der Waals surface area contributed by atoms with Crippen LogP contribution in [0.25, 0.3) is 0 Å². The van der Waals surface area contributed by atoms with Gasteiger partial charge in [-0.15, -0.1) is 0 Å². The molecule has 1 aliphatic heterocycles. The van der Waals surface area contributed by atoms with E-state index in [0.29, 0.717) is 0 Å². The molecule has 1 saturated carbocycles. The molecular weight excluding hydrogens is 158 g/mol. The zero-order valence-corrected chi connectivity index (χ0v) is 9.27. The highest BCUT2D eigenvalue weighted by molar-refractivity contribution is 5.06. The molecule has 0 radical (unpaired) electrons. The molecule has 0 aromatic heterocycles. The SMILES string of the molecule is CC(C)C(C)C1NCC12CCCC2. The van der Waals surface area contributed by atoms with E-state index in [2.05, 4.69) is 26.1 Å². The highest BCUT2D eigenvalue weighted by Crippen LogP contribution is 2.48. The molecule has 1 heteroatoms. The Labute approximate surface area is 82.3 Å². The summed E-state index contributed by atoms with van der Waals surface area (Å²) in [5.74, 6) is 1.68. The van der Waals surface area contributed by atoms with Gasteiger partial charge < -0.3 is 5.32 Å². The molecule has 1 heterocycles. The molecule has 13 heavy (non-hydrogen) atoms. The summed E-state index contributed by atoms with van der Waals surface area (Å²) in [6.07, 6.45) is 5.93. The van der Waals surface area contributed by atoms with Crippen LogP contribution in [0.2, 0.25) is 0 Å². The van der Waals surface area contributed by atoms with Gasteiger partial charge in [0.2, 0.25) is 0 Å². The van der Waals surface area contributed by atoms with E-state index < -0.39 is 0 Å². The Hall–Kier alpha value is -0.0400. The first-order valence-corrected chi connectivity index (χ1v) is 5.89. The molecule has 76 valence electrons. The van der Waals surface area contributed by atoms with E-state index in [1.165, 1.54) is 32.2 Å². The second kappa shape index (κ2) is 3.27. The molecule has 1 saturated heterocycles. The van der Waals surface area contributed by atoms with Crippen molar-refractivity contribution in [2.45, 2.75) is 52.5 Å². The van der Waals surface area contributed by atoms with Gasteiger partial charge >= 0.3 is 0 Å². The smallest absolute Gasteiger partial charge is 0.0164 e. The number of nitrogens with one attached hydrogen (secondary N) is 1. The minimum absolute atomic E-state index is 0.726. The van der Waals surface area contributed by atoms with Gasteiger partial charge in [0.05, 0.1) is 0 Å². The van der Waals surface area contributed by atoms with E-state index in [1.54, 1.807) is 0 Å². The van der Waals surface area contributed by atoms with Crippen LogP contribution >= 0.6 is 0 Å². The quantitative estimate of drug-likeness (QED) is 0.690. The van der Waals surface area contributed by atoms with Crippen LogP contribution in [0.1, 0.15) is 46.5 Å². The highest BCUT2D eigenvalue weighted by Gasteiger charge is 2.50. The molecular formula is C12H23N. The third-order valence-electron chi connectivity index (χ3n) is 4.51. The summed E-state index contributed by atoms with van der Waals surface area (Å²) < 4.78 is 0. The predicted octanol–water partition coefficient (Wildman–Crippen LogP) is 2.81. The Morgan fingerprint density at radius 2 is 1.77 bits per heavy atom. The van der Waals surface area contributed by atoms with Gasteiger partial charge in [0.25, 0.3) is 0 Å². The maximum atomic E-state index is 3.66. The van der Waals surface area contributed by atoms with Gasteiger partial charge in [0.1, 0.15) is 0 Å². The molecule has 1 spiro atoms. The molecule has 1 N–H and O–H groups in total. The van der Waals surface area contributed by atoms with Crippen molar-refractivity contribution in [3.63, 3.8) is 0 Å². The van der Waals surface area contributed by atoms with E-state index in [1.807, 2.05) is 0 Å². The Balaban J connectivity index is 2.00. The summed E-state index contributed by atoms with van der Waals surface area (Å²) in [6.45, 7) is 8.43. The van der Waals surface area contributed by atoms with Crippen LogP contribution in [0, 0.1) is 17.3 Å². The summed E-state index contributed by atoms with van der Waals surface area (Å²) in [7, 11) is 0. The number of hydrogen-bond acceptors (Lipinski definition) is 1. The van der Waals surface area contributed by atoms with Gasteiger partial charge in [0.15, 0.2) is 0 Å². The lowest BCUT2D eigenvalue weighted by Gasteiger charge is -2.52. The van der Waals surface area contributed by atoms with Gasteiger partial charge in [0, 0.05) is 12.6 Å². The van der Waals surface area contributed by atoms with Gasteiger partial charge in [-0.1, -0.05) is 33.6 Å². The van der Waals surface area contributed by atoms with Gasteiger partial charge in [-0.3, -0.25) is 0 Å². The lowest BCUT2D eigenvalue weighted by molar-refractivity contribution is 0.0343. The van der Waals surface area contributed by atoms with Crippen LogP contribution in [0.15, 0.2) is 0 Å². The zero-order valence-electron chi connectivity index (χ0n) is 9.27. The topological polar surface area (TPSA) is 12.0 Å². The van der Waals surface area contributed by atoms with Crippen molar-refractivity contribution < 1.29 is 0 Å². The summed E-state index contributed by atoms with van der Waals surface area (Å²) in [5.41, 5.74) is 0.726. The third-order valence-corrected chi connectivity index (χ3v) is 4.51. The van der Waals surface area contributed by atoms with Gasteiger partial charge in [-0.25, -0.2) is 0 Å². The molecule has 2 rings (SSSR count). The van der Waals surface area contributed by atoms with Crippen LogP contribution in [-0.4, -0.2) is 12.6 Å². The maximum Gasteiger partial charge on any atom is 0.0164 e. The van der Waals surface area contributed by atoms with Crippen molar-refractivity contribution in [2.24, 2.45) is 17.3 Å². The summed E-state index contributed by atoms with van der Waals surface area (Å²) >= 11 is 0. The Morgan fingerprint density at radius 3 is 2.15 bits per heavy atom. The Kier molecular flexibility index (Phi) is 2.39. The molecule has 2 atom stereocenters. The largest absolute Gasteiger partial charge is 0.312 e. The summed E-state index contributed by atoms with van der Waals surface area (Å²) in [6, 6.07) is 0.829. The monoisotopic (exact) mass is 181 g/mol. The minimum Gasteiger partial charge on any atom is -0.312 e. The first-order chi connectivity index (χ1) is 6.16. The number of hydrogen-bond donors (Lipinski definition) is 1. The molecule has 0 bridgehead atoms. The van der Waals surface area contributed by atoms with E-state index >= 15 is 0 Å². The zero-order chi connectivity index (χ0) is 9.47. The van der Waals surface area contributed by atoms with Crippen molar-refractivity contribution in [1.29, 1.82) is 0 Å². The second-order valence-electron chi connectivity index (χ2n) is 5.53. The van der Waals surface area contributed by atoms with Crippen LogP contribution in [0.4, 0.5) is 0 Å². The van der Waals surface area contributed by atoms with Crippen LogP contribution in [0.3, 0.4) is 0 Å². The molecule has 2 unspecified atom stereocenters. The van der Waals surface area contributed by atoms with Crippen LogP contribution in [0.5, 0.6) is 0 Å². The molecule has 0 aromatic rings. The van der Waals surface area contributed by atoms with Crippen molar-refractivity contribution >= 4 is 0 Å². The lowest BCUT2D eigenvalue weighted by Crippen LogP contribution is -2.64. The van der Waals surface area contributed by atoms with E-state index in [9.17, 15) is 0 Å². The van der Waals surface area contributed by atoms with Crippen LogP contribution < -0.4 is 5.32 Å². The van der Waals surface area contributed by atoms with E-state index in [4.69, 9.17) is 0 Å². The first-order valence-electron chi connectivity index (χ1n) is 5.89. The summed E-state index contributed by atoms with van der Waals surface area (Å²) in [4.78, 5) is 0. The molecule has 2 aliphatic rings. The van der Waals surface area contributed by atoms with Crippen molar-refractivity contribution in [3.8, 4) is 0 Å². The van der Waals surface area contributed by atoms with Crippen LogP contribution in [-0.2, 0) is 0 Å². The Bertz CT molecular complexity index is 180. The first kappa shape index (κ1) is 9.51. The average Bonchev–Trinajstić information content (AvgIpc) is 2.52. The fourth-order valence-electron chi connectivity index (χ4n) is 3.20. The highest BCUT2D eigenvalue weighted by atomic mass is 15.1. The van der Waals surface area contributed by atoms with Crippen molar-refractivity contribution in [3.05, 3.63) is 0 Å².